The molecule has 0 saturated carbocycles. The highest BCUT2D eigenvalue weighted by Crippen LogP contribution is 2.37. The summed E-state index contributed by atoms with van der Waals surface area (Å²) >= 11 is 0. The molecule has 3 aromatic rings. The minimum Gasteiger partial charge on any atom is -0.453 e. The molecule has 2 N–H and O–H groups in total. The van der Waals surface area contributed by atoms with Gasteiger partial charge in [-0.05, 0) is 48.4 Å². The van der Waals surface area contributed by atoms with E-state index in [0.717, 1.165) is 17.1 Å². The van der Waals surface area contributed by atoms with Gasteiger partial charge < -0.3 is 15.2 Å². The number of hydrogen-bond acceptors (Lipinski definition) is 3. The first-order chi connectivity index (χ1) is 12.3. The number of ether oxygens (including phenoxy) is 2. The molecule has 0 aliphatic heterocycles. The molecule has 0 spiro atoms. The van der Waals surface area contributed by atoms with Crippen LogP contribution in [-0.4, -0.2) is 0 Å². The van der Waals surface area contributed by atoms with Crippen molar-refractivity contribution in [3.05, 3.63) is 97.1 Å². The minimum atomic E-state index is -0.124. The van der Waals surface area contributed by atoms with E-state index in [-0.39, 0.29) is 6.04 Å². The van der Waals surface area contributed by atoms with Crippen LogP contribution in [0.4, 0.5) is 0 Å². The highest BCUT2D eigenvalue weighted by molar-refractivity contribution is 5.48. The van der Waals surface area contributed by atoms with E-state index in [2.05, 4.69) is 6.58 Å². The normalized spacial score (nSPS) is 11.6. The van der Waals surface area contributed by atoms with E-state index >= 15 is 0 Å². The number of benzene rings is 3. The summed E-state index contributed by atoms with van der Waals surface area (Å²) in [5.74, 6) is 2.77. The van der Waals surface area contributed by atoms with Crippen molar-refractivity contribution in [1.82, 2.24) is 0 Å². The standard InChI is InChI=1S/C22H21NO2/c1-2-9-20(23)17-14-15-21(24-18-10-5-3-6-11-18)22(16-17)25-19-12-7-4-8-13-19/h2-8,10-16,20H,1,9,23H2/t20-/m1/s1. The zero-order valence-electron chi connectivity index (χ0n) is 14.0. The summed E-state index contributed by atoms with van der Waals surface area (Å²) < 4.78 is 12.0. The first-order valence-electron chi connectivity index (χ1n) is 8.22. The summed E-state index contributed by atoms with van der Waals surface area (Å²) in [4.78, 5) is 0. The van der Waals surface area contributed by atoms with Crippen molar-refractivity contribution in [2.45, 2.75) is 12.5 Å². The molecule has 0 aliphatic rings. The quantitative estimate of drug-likeness (QED) is 0.553. The number of hydrogen-bond donors (Lipinski definition) is 1. The van der Waals surface area contributed by atoms with E-state index in [1.165, 1.54) is 0 Å². The molecule has 3 nitrogen and oxygen atoms in total. The monoisotopic (exact) mass is 331 g/mol. The first kappa shape index (κ1) is 16.8. The van der Waals surface area contributed by atoms with Crippen molar-refractivity contribution in [3.8, 4) is 23.0 Å². The van der Waals surface area contributed by atoms with Crippen LogP contribution in [0, 0.1) is 0 Å². The van der Waals surface area contributed by atoms with Crippen LogP contribution in [0.15, 0.2) is 91.5 Å². The molecule has 0 bridgehead atoms. The Bertz CT molecular complexity index is 816. The van der Waals surface area contributed by atoms with Gasteiger partial charge in [0.05, 0.1) is 0 Å². The fourth-order valence-electron chi connectivity index (χ4n) is 2.47. The van der Waals surface area contributed by atoms with Crippen molar-refractivity contribution in [1.29, 1.82) is 0 Å². The molecule has 126 valence electrons. The molecule has 0 heterocycles. The van der Waals surface area contributed by atoms with Crippen molar-refractivity contribution in [3.63, 3.8) is 0 Å². The summed E-state index contributed by atoms with van der Waals surface area (Å²) in [5, 5.41) is 0. The topological polar surface area (TPSA) is 44.5 Å². The Hall–Kier alpha value is -3.04. The summed E-state index contributed by atoms with van der Waals surface area (Å²) in [5.41, 5.74) is 7.18. The smallest absolute Gasteiger partial charge is 0.170 e. The third-order valence-electron chi connectivity index (χ3n) is 3.76. The molecule has 0 aliphatic carbocycles. The lowest BCUT2D eigenvalue weighted by atomic mass is 10.0. The minimum absolute atomic E-state index is 0.124. The second-order valence-corrected chi connectivity index (χ2v) is 5.67. The molecule has 0 radical (unpaired) electrons. The van der Waals surface area contributed by atoms with Crippen molar-refractivity contribution in [2.24, 2.45) is 5.73 Å². The molecule has 3 aromatic carbocycles. The van der Waals surface area contributed by atoms with E-state index in [0.29, 0.717) is 17.9 Å². The Balaban J connectivity index is 1.93. The van der Waals surface area contributed by atoms with Gasteiger partial charge in [0.25, 0.3) is 0 Å². The predicted molar refractivity (Wildman–Crippen MR) is 101 cm³/mol. The fourth-order valence-corrected chi connectivity index (χ4v) is 2.47. The van der Waals surface area contributed by atoms with Crippen LogP contribution in [0.2, 0.25) is 0 Å². The van der Waals surface area contributed by atoms with Gasteiger partial charge >= 0.3 is 0 Å². The number of nitrogens with two attached hydrogens (primary N) is 1. The molecular formula is C22H21NO2. The van der Waals surface area contributed by atoms with Gasteiger partial charge in [-0.2, -0.15) is 0 Å². The van der Waals surface area contributed by atoms with Gasteiger partial charge in [0, 0.05) is 6.04 Å². The predicted octanol–water partition coefficient (Wildman–Crippen LogP) is 5.85. The van der Waals surface area contributed by atoms with Crippen molar-refractivity contribution in [2.75, 3.05) is 0 Å². The van der Waals surface area contributed by atoms with E-state index in [9.17, 15) is 0 Å². The Morgan fingerprint density at radius 2 is 1.36 bits per heavy atom. The summed E-state index contributed by atoms with van der Waals surface area (Å²) in [7, 11) is 0. The van der Waals surface area contributed by atoms with Crippen molar-refractivity contribution < 1.29 is 9.47 Å². The average molecular weight is 331 g/mol. The maximum absolute atomic E-state index is 6.20. The molecule has 3 rings (SSSR count). The van der Waals surface area contributed by atoms with Crippen LogP contribution in [0.5, 0.6) is 23.0 Å². The molecule has 0 saturated heterocycles. The van der Waals surface area contributed by atoms with Crippen LogP contribution < -0.4 is 15.2 Å². The van der Waals surface area contributed by atoms with Gasteiger partial charge in [-0.3, -0.25) is 0 Å². The summed E-state index contributed by atoms with van der Waals surface area (Å²) in [6, 6.07) is 24.9. The lowest BCUT2D eigenvalue weighted by Crippen LogP contribution is -2.09. The maximum atomic E-state index is 6.20. The van der Waals surface area contributed by atoms with Gasteiger partial charge in [-0.15, -0.1) is 6.58 Å². The van der Waals surface area contributed by atoms with E-state index in [1.807, 2.05) is 84.9 Å². The lowest BCUT2D eigenvalue weighted by molar-refractivity contribution is 0.417. The molecule has 1 atom stereocenters. The zero-order chi connectivity index (χ0) is 17.5. The Morgan fingerprint density at radius 3 is 1.92 bits per heavy atom. The first-order valence-corrected chi connectivity index (χ1v) is 8.22. The molecule has 0 amide bonds. The Kier molecular flexibility index (Phi) is 5.50. The van der Waals surface area contributed by atoms with Crippen LogP contribution in [0.3, 0.4) is 0 Å². The van der Waals surface area contributed by atoms with Crippen molar-refractivity contribution >= 4 is 0 Å². The Morgan fingerprint density at radius 1 is 0.800 bits per heavy atom. The van der Waals surface area contributed by atoms with Gasteiger partial charge in [0.2, 0.25) is 0 Å². The zero-order valence-corrected chi connectivity index (χ0v) is 14.0. The molecular weight excluding hydrogens is 310 g/mol. The summed E-state index contributed by atoms with van der Waals surface area (Å²) in [6.07, 6.45) is 2.51. The van der Waals surface area contributed by atoms with Crippen LogP contribution in [-0.2, 0) is 0 Å². The van der Waals surface area contributed by atoms with Gasteiger partial charge in [-0.1, -0.05) is 48.5 Å². The number of para-hydroxylation sites is 2. The average Bonchev–Trinajstić information content (AvgIpc) is 2.65. The van der Waals surface area contributed by atoms with Gasteiger partial charge in [0.15, 0.2) is 11.5 Å². The number of rotatable bonds is 7. The van der Waals surface area contributed by atoms with Crippen LogP contribution in [0.1, 0.15) is 18.0 Å². The second kappa shape index (κ2) is 8.18. The largest absolute Gasteiger partial charge is 0.453 e. The SMILES string of the molecule is C=CC[C@@H](N)c1ccc(Oc2ccccc2)c(Oc2ccccc2)c1. The highest BCUT2D eigenvalue weighted by Gasteiger charge is 2.12. The van der Waals surface area contributed by atoms with E-state index in [1.54, 1.807) is 0 Å². The Labute approximate surface area is 148 Å². The third-order valence-corrected chi connectivity index (χ3v) is 3.76. The fraction of sp³-hybridized carbons (Fsp3) is 0.0909. The van der Waals surface area contributed by atoms with E-state index < -0.39 is 0 Å². The van der Waals surface area contributed by atoms with Crippen LogP contribution >= 0.6 is 0 Å². The molecule has 3 heteroatoms. The molecule has 0 aromatic heterocycles. The molecule has 0 unspecified atom stereocenters. The van der Waals surface area contributed by atoms with Gasteiger partial charge in [0.1, 0.15) is 11.5 Å². The molecule has 0 fully saturated rings. The highest BCUT2D eigenvalue weighted by atomic mass is 16.5. The van der Waals surface area contributed by atoms with Crippen LogP contribution in [0.25, 0.3) is 0 Å². The maximum Gasteiger partial charge on any atom is 0.170 e. The summed E-state index contributed by atoms with van der Waals surface area (Å²) in [6.45, 7) is 3.75. The third kappa shape index (κ3) is 4.49. The lowest BCUT2D eigenvalue weighted by Gasteiger charge is -2.16. The second-order valence-electron chi connectivity index (χ2n) is 5.67. The van der Waals surface area contributed by atoms with Gasteiger partial charge in [-0.25, -0.2) is 0 Å². The van der Waals surface area contributed by atoms with E-state index in [4.69, 9.17) is 15.2 Å². The molecule has 25 heavy (non-hydrogen) atoms.